The minimum Gasteiger partial charge on any atom is -0.450 e. The molecule has 1 N–H and O–H groups in total. The number of methoxy groups -OCH3 is 1. The van der Waals surface area contributed by atoms with Crippen molar-refractivity contribution in [1.82, 2.24) is 15.1 Å². The van der Waals surface area contributed by atoms with E-state index in [0.717, 1.165) is 58.0 Å². The molecule has 0 radical (unpaired) electrons. The van der Waals surface area contributed by atoms with Gasteiger partial charge in [-0.05, 0) is 33.1 Å². The number of carbonyl (C=O) groups is 1. The van der Waals surface area contributed by atoms with Gasteiger partial charge in [0, 0.05) is 53.0 Å². The highest BCUT2D eigenvalue weighted by atomic mass is 16.6. The summed E-state index contributed by atoms with van der Waals surface area (Å²) in [7, 11) is 1.73. The second-order valence-electron chi connectivity index (χ2n) is 5.46. The number of amides is 1. The van der Waals surface area contributed by atoms with Crippen molar-refractivity contribution in [3.63, 3.8) is 0 Å². The van der Waals surface area contributed by atoms with Gasteiger partial charge >= 0.3 is 6.09 Å². The Bertz CT molecular complexity index is 355. The lowest BCUT2D eigenvalue weighted by Gasteiger charge is -2.35. The van der Waals surface area contributed by atoms with Gasteiger partial charge < -0.3 is 24.6 Å². The third kappa shape index (κ3) is 7.54. The van der Waals surface area contributed by atoms with Gasteiger partial charge in [-0.1, -0.05) is 0 Å². The molecule has 1 amide bonds. The summed E-state index contributed by atoms with van der Waals surface area (Å²) in [5, 5.41) is 3.34. The molecule has 23 heavy (non-hydrogen) atoms. The number of aliphatic imine (C=N–C) groups is 1. The average Bonchev–Trinajstić information content (AvgIpc) is 2.57. The van der Waals surface area contributed by atoms with E-state index >= 15 is 0 Å². The number of ether oxygens (including phenoxy) is 2. The average molecular weight is 328 g/mol. The molecule has 1 fully saturated rings. The zero-order valence-corrected chi connectivity index (χ0v) is 14.8. The fourth-order valence-electron chi connectivity index (χ4n) is 2.46. The first-order chi connectivity index (χ1) is 11.2. The highest BCUT2D eigenvalue weighted by molar-refractivity contribution is 5.80. The van der Waals surface area contributed by atoms with Crippen LogP contribution in [0.3, 0.4) is 0 Å². The van der Waals surface area contributed by atoms with Crippen LogP contribution in [0.25, 0.3) is 0 Å². The van der Waals surface area contributed by atoms with Gasteiger partial charge in [0.25, 0.3) is 0 Å². The fourth-order valence-corrected chi connectivity index (χ4v) is 2.46. The van der Waals surface area contributed by atoms with E-state index in [1.807, 2.05) is 6.92 Å². The molecule has 0 atom stereocenters. The lowest BCUT2D eigenvalue weighted by Crippen LogP contribution is -2.53. The Hall–Kier alpha value is -1.50. The van der Waals surface area contributed by atoms with Crippen LogP contribution in [-0.2, 0) is 9.47 Å². The Morgan fingerprint density at radius 2 is 1.78 bits per heavy atom. The Kier molecular flexibility index (Phi) is 10.2. The first kappa shape index (κ1) is 19.5. The van der Waals surface area contributed by atoms with Gasteiger partial charge in [0.05, 0.1) is 6.61 Å². The number of rotatable bonds is 8. The molecule has 0 aromatic heterocycles. The minimum atomic E-state index is -0.216. The Balaban J connectivity index is 2.38. The Morgan fingerprint density at radius 1 is 1.09 bits per heavy atom. The summed E-state index contributed by atoms with van der Waals surface area (Å²) in [6, 6.07) is 0. The molecule has 0 saturated carbocycles. The Labute approximate surface area is 140 Å². The number of nitrogens with zero attached hydrogens (tertiary/aromatic N) is 3. The summed E-state index contributed by atoms with van der Waals surface area (Å²) < 4.78 is 10.1. The van der Waals surface area contributed by atoms with E-state index < -0.39 is 0 Å². The van der Waals surface area contributed by atoms with Gasteiger partial charge in [0.2, 0.25) is 0 Å². The predicted octanol–water partition coefficient (Wildman–Crippen LogP) is 1.54. The van der Waals surface area contributed by atoms with Crippen LogP contribution in [0.1, 0.15) is 33.1 Å². The molecule has 0 aliphatic carbocycles. The predicted molar refractivity (Wildman–Crippen MR) is 91.9 cm³/mol. The molecule has 1 heterocycles. The second-order valence-corrected chi connectivity index (χ2v) is 5.46. The third-order valence-corrected chi connectivity index (χ3v) is 3.71. The van der Waals surface area contributed by atoms with Crippen molar-refractivity contribution in [3.8, 4) is 0 Å². The van der Waals surface area contributed by atoms with Crippen LogP contribution in [0.15, 0.2) is 4.99 Å². The van der Waals surface area contributed by atoms with Gasteiger partial charge in [0.15, 0.2) is 5.96 Å². The van der Waals surface area contributed by atoms with E-state index in [1.54, 1.807) is 12.0 Å². The molecular formula is C16H32N4O3. The zero-order chi connectivity index (χ0) is 16.9. The van der Waals surface area contributed by atoms with Crippen LogP contribution in [0.5, 0.6) is 0 Å². The molecule has 0 aromatic rings. The molecule has 7 nitrogen and oxygen atoms in total. The number of nitrogens with one attached hydrogen (secondary N) is 1. The molecule has 134 valence electrons. The summed E-state index contributed by atoms with van der Waals surface area (Å²) in [6.45, 7) is 9.74. The summed E-state index contributed by atoms with van der Waals surface area (Å²) in [6.07, 6.45) is 3.07. The zero-order valence-electron chi connectivity index (χ0n) is 14.8. The maximum atomic E-state index is 11.7. The molecule has 1 rings (SSSR count). The summed E-state index contributed by atoms with van der Waals surface area (Å²) >= 11 is 0. The Morgan fingerprint density at radius 3 is 2.39 bits per heavy atom. The first-order valence-electron chi connectivity index (χ1n) is 8.66. The normalized spacial score (nSPS) is 15.7. The summed E-state index contributed by atoms with van der Waals surface area (Å²) in [4.78, 5) is 20.4. The molecule has 1 aliphatic rings. The molecule has 1 saturated heterocycles. The maximum Gasteiger partial charge on any atom is 0.409 e. The fraction of sp³-hybridized carbons (Fsp3) is 0.875. The third-order valence-electron chi connectivity index (χ3n) is 3.71. The number of hydrogen-bond acceptors (Lipinski definition) is 4. The molecule has 0 unspecified atom stereocenters. The standard InChI is InChI=1S/C16H32N4O3/c1-4-17-15(18-9-7-6-8-14-22-3)19-10-12-20(13-11-19)16(21)23-5-2/h4-14H2,1-3H3,(H,17,18). The van der Waals surface area contributed by atoms with E-state index in [1.165, 1.54) is 0 Å². The molecule has 0 spiro atoms. The first-order valence-corrected chi connectivity index (χ1v) is 8.66. The van der Waals surface area contributed by atoms with Crippen molar-refractivity contribution < 1.29 is 14.3 Å². The number of guanidine groups is 1. The van der Waals surface area contributed by atoms with Crippen molar-refractivity contribution in [3.05, 3.63) is 0 Å². The van der Waals surface area contributed by atoms with Gasteiger partial charge in [-0.3, -0.25) is 4.99 Å². The van der Waals surface area contributed by atoms with Crippen molar-refractivity contribution in [2.45, 2.75) is 33.1 Å². The quantitative estimate of drug-likeness (QED) is 0.416. The summed E-state index contributed by atoms with van der Waals surface area (Å²) in [5.41, 5.74) is 0. The maximum absolute atomic E-state index is 11.7. The SMILES string of the molecule is CCNC(=NCCCCCOC)N1CCN(C(=O)OCC)CC1. The van der Waals surface area contributed by atoms with E-state index in [4.69, 9.17) is 14.5 Å². The van der Waals surface area contributed by atoms with Gasteiger partial charge in [-0.25, -0.2) is 4.79 Å². The minimum absolute atomic E-state index is 0.216. The van der Waals surface area contributed by atoms with Crippen molar-refractivity contribution in [2.75, 3.05) is 59.6 Å². The molecule has 0 bridgehead atoms. The van der Waals surface area contributed by atoms with Crippen LogP contribution in [0.4, 0.5) is 4.79 Å². The van der Waals surface area contributed by atoms with Crippen LogP contribution >= 0.6 is 0 Å². The number of unbranched alkanes of at least 4 members (excludes halogenated alkanes) is 2. The largest absolute Gasteiger partial charge is 0.450 e. The van der Waals surface area contributed by atoms with Gasteiger partial charge in [0.1, 0.15) is 0 Å². The van der Waals surface area contributed by atoms with Crippen LogP contribution in [0.2, 0.25) is 0 Å². The molecular weight excluding hydrogens is 296 g/mol. The van der Waals surface area contributed by atoms with Gasteiger partial charge in [-0.2, -0.15) is 0 Å². The van der Waals surface area contributed by atoms with E-state index in [9.17, 15) is 4.79 Å². The topological polar surface area (TPSA) is 66.4 Å². The van der Waals surface area contributed by atoms with E-state index in [0.29, 0.717) is 19.7 Å². The second kappa shape index (κ2) is 12.0. The highest BCUT2D eigenvalue weighted by Gasteiger charge is 2.23. The lowest BCUT2D eigenvalue weighted by atomic mass is 10.2. The molecule has 7 heteroatoms. The highest BCUT2D eigenvalue weighted by Crippen LogP contribution is 2.05. The van der Waals surface area contributed by atoms with Crippen molar-refractivity contribution in [1.29, 1.82) is 0 Å². The monoisotopic (exact) mass is 328 g/mol. The van der Waals surface area contributed by atoms with E-state index in [2.05, 4.69) is 17.1 Å². The van der Waals surface area contributed by atoms with Crippen LogP contribution in [0, 0.1) is 0 Å². The van der Waals surface area contributed by atoms with Crippen LogP contribution in [-0.4, -0.2) is 81.4 Å². The van der Waals surface area contributed by atoms with Crippen molar-refractivity contribution in [2.24, 2.45) is 4.99 Å². The summed E-state index contributed by atoms with van der Waals surface area (Å²) in [5.74, 6) is 0.947. The van der Waals surface area contributed by atoms with E-state index in [-0.39, 0.29) is 6.09 Å². The molecule has 0 aromatic carbocycles. The lowest BCUT2D eigenvalue weighted by molar-refractivity contribution is 0.0914. The molecule has 1 aliphatic heterocycles. The smallest absolute Gasteiger partial charge is 0.409 e. The number of carbonyl (C=O) groups excluding carboxylic acids is 1. The number of piperazine rings is 1. The van der Waals surface area contributed by atoms with Crippen LogP contribution < -0.4 is 5.32 Å². The number of hydrogen-bond donors (Lipinski definition) is 1. The van der Waals surface area contributed by atoms with Crippen molar-refractivity contribution >= 4 is 12.1 Å². The van der Waals surface area contributed by atoms with Gasteiger partial charge in [-0.15, -0.1) is 0 Å².